The van der Waals surface area contributed by atoms with Gasteiger partial charge in [0.2, 0.25) is 0 Å². The molecule has 0 radical (unpaired) electrons. The third-order valence-electron chi connectivity index (χ3n) is 2.19. The van der Waals surface area contributed by atoms with Crippen molar-refractivity contribution in [3.05, 3.63) is 46.3 Å². The maximum absolute atomic E-state index is 11.5. The Kier molecular flexibility index (Phi) is 3.20. The van der Waals surface area contributed by atoms with Gasteiger partial charge < -0.3 is 14.3 Å². The van der Waals surface area contributed by atoms with Gasteiger partial charge in [-0.15, -0.1) is 0 Å². The first kappa shape index (κ1) is 11.3. The summed E-state index contributed by atoms with van der Waals surface area (Å²) in [7, 11) is 0. The Labute approximate surface area is 96.2 Å². The minimum atomic E-state index is -0.793. The molecule has 2 rings (SSSR count). The van der Waals surface area contributed by atoms with Crippen molar-refractivity contribution in [3.63, 3.8) is 0 Å². The third kappa shape index (κ3) is 2.34. The van der Waals surface area contributed by atoms with Gasteiger partial charge in [0.05, 0.1) is 6.61 Å². The molecular formula is C12H10O5. The van der Waals surface area contributed by atoms with Gasteiger partial charge >= 0.3 is 11.6 Å². The summed E-state index contributed by atoms with van der Waals surface area (Å²) in [5.41, 5.74) is -0.500. The zero-order chi connectivity index (χ0) is 12.3. The van der Waals surface area contributed by atoms with Crippen molar-refractivity contribution in [3.8, 4) is 0 Å². The van der Waals surface area contributed by atoms with Crippen molar-refractivity contribution in [1.82, 2.24) is 0 Å². The standard InChI is InChI=1S/C12H10O5/c13-5-6-16-11(14)9-7-8-3-1-2-4-10(8)17-12(9)15/h1-4,7,13H,5-6H2. The first-order chi connectivity index (χ1) is 8.22. The van der Waals surface area contributed by atoms with E-state index in [1.54, 1.807) is 24.3 Å². The van der Waals surface area contributed by atoms with Crippen LogP contribution in [0, 0.1) is 0 Å². The minimum absolute atomic E-state index is 0.148. The summed E-state index contributed by atoms with van der Waals surface area (Å²) in [6.45, 7) is -0.435. The van der Waals surface area contributed by atoms with Crippen LogP contribution in [0.5, 0.6) is 0 Å². The quantitative estimate of drug-likeness (QED) is 0.631. The van der Waals surface area contributed by atoms with Crippen LogP contribution in [-0.2, 0) is 4.74 Å². The number of fused-ring (bicyclic) bond motifs is 1. The van der Waals surface area contributed by atoms with Crippen LogP contribution in [-0.4, -0.2) is 24.3 Å². The number of rotatable bonds is 3. The van der Waals surface area contributed by atoms with E-state index in [4.69, 9.17) is 9.52 Å². The smallest absolute Gasteiger partial charge is 0.351 e. The molecule has 1 aromatic heterocycles. The molecule has 0 saturated carbocycles. The molecule has 0 bridgehead atoms. The Hall–Kier alpha value is -2.14. The van der Waals surface area contributed by atoms with Gasteiger partial charge in [-0.3, -0.25) is 0 Å². The number of aliphatic hydroxyl groups is 1. The lowest BCUT2D eigenvalue weighted by Gasteiger charge is -2.02. The van der Waals surface area contributed by atoms with E-state index in [0.29, 0.717) is 11.0 Å². The number of carbonyl (C=O) groups is 1. The topological polar surface area (TPSA) is 76.7 Å². The SMILES string of the molecule is O=C(OCCO)c1cc2ccccc2oc1=O. The number of carbonyl (C=O) groups excluding carboxylic acids is 1. The van der Waals surface area contributed by atoms with Crippen LogP contribution >= 0.6 is 0 Å². The van der Waals surface area contributed by atoms with Gasteiger partial charge in [-0.1, -0.05) is 18.2 Å². The highest BCUT2D eigenvalue weighted by Crippen LogP contribution is 2.12. The highest BCUT2D eigenvalue weighted by Gasteiger charge is 2.14. The fourth-order valence-electron chi connectivity index (χ4n) is 1.42. The van der Waals surface area contributed by atoms with Crippen LogP contribution in [0.4, 0.5) is 0 Å². The zero-order valence-corrected chi connectivity index (χ0v) is 8.88. The molecule has 0 spiro atoms. The molecule has 1 aromatic carbocycles. The average Bonchev–Trinajstić information content (AvgIpc) is 2.35. The number of esters is 1. The summed E-state index contributed by atoms with van der Waals surface area (Å²) in [5, 5.41) is 9.17. The monoisotopic (exact) mass is 234 g/mol. The van der Waals surface area contributed by atoms with Crippen molar-refractivity contribution < 1.29 is 19.1 Å². The number of hydrogen-bond donors (Lipinski definition) is 1. The highest BCUT2D eigenvalue weighted by molar-refractivity contribution is 5.92. The second kappa shape index (κ2) is 4.80. The highest BCUT2D eigenvalue weighted by atomic mass is 16.5. The number of hydrogen-bond acceptors (Lipinski definition) is 5. The van der Waals surface area contributed by atoms with Gasteiger partial charge in [0.25, 0.3) is 0 Å². The summed E-state index contributed by atoms with van der Waals surface area (Å²) >= 11 is 0. The molecule has 88 valence electrons. The van der Waals surface area contributed by atoms with Crippen molar-refractivity contribution in [2.24, 2.45) is 0 Å². The minimum Gasteiger partial charge on any atom is -0.459 e. The van der Waals surface area contributed by atoms with Gasteiger partial charge in [0.1, 0.15) is 17.8 Å². The van der Waals surface area contributed by atoms with Gasteiger partial charge in [-0.05, 0) is 12.1 Å². The van der Waals surface area contributed by atoms with E-state index in [0.717, 1.165) is 0 Å². The normalized spacial score (nSPS) is 10.4. The first-order valence-corrected chi connectivity index (χ1v) is 5.03. The average molecular weight is 234 g/mol. The van der Waals surface area contributed by atoms with Crippen LogP contribution in [0.2, 0.25) is 0 Å². The molecule has 1 N–H and O–H groups in total. The molecule has 0 aliphatic rings. The van der Waals surface area contributed by atoms with Crippen molar-refractivity contribution in [1.29, 1.82) is 0 Å². The lowest BCUT2D eigenvalue weighted by molar-refractivity contribution is 0.0429. The Balaban J connectivity index is 2.44. The summed E-state index contributed by atoms with van der Waals surface area (Å²) in [5.74, 6) is -0.793. The lowest BCUT2D eigenvalue weighted by Crippen LogP contribution is -2.17. The molecule has 0 atom stereocenters. The largest absolute Gasteiger partial charge is 0.459 e. The fourth-order valence-corrected chi connectivity index (χ4v) is 1.42. The number of benzene rings is 1. The van der Waals surface area contributed by atoms with E-state index in [1.165, 1.54) is 6.07 Å². The Morgan fingerprint density at radius 3 is 2.88 bits per heavy atom. The van der Waals surface area contributed by atoms with E-state index < -0.39 is 11.6 Å². The van der Waals surface area contributed by atoms with Gasteiger partial charge in [0.15, 0.2) is 0 Å². The predicted octanol–water partition coefficient (Wildman–Crippen LogP) is 0.942. The molecular weight excluding hydrogens is 224 g/mol. The van der Waals surface area contributed by atoms with Gasteiger partial charge in [-0.2, -0.15) is 0 Å². The molecule has 0 fully saturated rings. The molecule has 5 heteroatoms. The Morgan fingerprint density at radius 1 is 1.35 bits per heavy atom. The summed E-state index contributed by atoms with van der Waals surface area (Å²) in [6, 6.07) is 8.28. The van der Waals surface area contributed by atoms with Gasteiger partial charge in [0, 0.05) is 5.39 Å². The maximum Gasteiger partial charge on any atom is 0.351 e. The van der Waals surface area contributed by atoms with Crippen molar-refractivity contribution in [2.75, 3.05) is 13.2 Å². The van der Waals surface area contributed by atoms with E-state index in [1.807, 2.05) is 0 Å². The molecule has 0 saturated heterocycles. The van der Waals surface area contributed by atoms with Crippen LogP contribution in [0.25, 0.3) is 11.0 Å². The van der Waals surface area contributed by atoms with E-state index in [-0.39, 0.29) is 18.8 Å². The second-order valence-corrected chi connectivity index (χ2v) is 3.34. The molecule has 17 heavy (non-hydrogen) atoms. The Bertz CT molecular complexity index is 599. The van der Waals surface area contributed by atoms with Crippen molar-refractivity contribution in [2.45, 2.75) is 0 Å². The lowest BCUT2D eigenvalue weighted by atomic mass is 10.2. The molecule has 0 aliphatic heterocycles. The van der Waals surface area contributed by atoms with Gasteiger partial charge in [-0.25, -0.2) is 9.59 Å². The molecule has 0 unspecified atom stereocenters. The molecule has 0 aliphatic carbocycles. The molecule has 5 nitrogen and oxygen atoms in total. The van der Waals surface area contributed by atoms with Crippen molar-refractivity contribution >= 4 is 16.9 Å². The molecule has 0 amide bonds. The van der Waals surface area contributed by atoms with E-state index in [2.05, 4.69) is 4.74 Å². The predicted molar refractivity (Wildman–Crippen MR) is 59.9 cm³/mol. The maximum atomic E-state index is 11.5. The Morgan fingerprint density at radius 2 is 2.12 bits per heavy atom. The second-order valence-electron chi connectivity index (χ2n) is 3.34. The van der Waals surface area contributed by atoms with Crippen LogP contribution in [0.1, 0.15) is 10.4 Å². The number of para-hydroxylation sites is 1. The molecule has 2 aromatic rings. The van der Waals surface area contributed by atoms with Crippen LogP contribution in [0.15, 0.2) is 39.5 Å². The van der Waals surface area contributed by atoms with Crippen LogP contribution < -0.4 is 5.63 Å². The third-order valence-corrected chi connectivity index (χ3v) is 2.19. The van der Waals surface area contributed by atoms with Crippen LogP contribution in [0.3, 0.4) is 0 Å². The fraction of sp³-hybridized carbons (Fsp3) is 0.167. The summed E-state index contributed by atoms with van der Waals surface area (Å²) in [6.07, 6.45) is 0. The first-order valence-electron chi connectivity index (χ1n) is 5.03. The summed E-state index contributed by atoms with van der Waals surface area (Å²) < 4.78 is 9.63. The number of ether oxygens (including phenoxy) is 1. The zero-order valence-electron chi connectivity index (χ0n) is 8.88. The van der Waals surface area contributed by atoms with E-state index >= 15 is 0 Å². The summed E-state index contributed by atoms with van der Waals surface area (Å²) in [4.78, 5) is 23.0. The molecule has 1 heterocycles. The number of aliphatic hydroxyl groups excluding tert-OH is 1. The van der Waals surface area contributed by atoms with E-state index in [9.17, 15) is 9.59 Å².